The number of carbonyl (C=O) groups is 2. The first-order valence-corrected chi connectivity index (χ1v) is 10.5. The fourth-order valence-electron chi connectivity index (χ4n) is 2.43. The van der Waals surface area contributed by atoms with Gasteiger partial charge in [0.15, 0.2) is 22.2 Å². The molecule has 0 aliphatic heterocycles. The van der Waals surface area contributed by atoms with Gasteiger partial charge in [-0.05, 0) is 24.3 Å². The van der Waals surface area contributed by atoms with E-state index in [0.29, 0.717) is 10.1 Å². The highest BCUT2D eigenvalue weighted by Gasteiger charge is 2.17. The maximum atomic E-state index is 12.2. The van der Waals surface area contributed by atoms with Crippen molar-refractivity contribution >= 4 is 48.7 Å². The van der Waals surface area contributed by atoms with E-state index in [2.05, 4.69) is 0 Å². The van der Waals surface area contributed by atoms with Crippen LogP contribution in [0.4, 0.5) is 5.69 Å². The first-order valence-electron chi connectivity index (χ1n) is 7.83. The zero-order valence-electron chi connectivity index (χ0n) is 14.4. The Labute approximate surface area is 163 Å². The number of nitro groups is 1. The number of non-ortho nitro benzene ring substituents is 1. The van der Waals surface area contributed by atoms with Gasteiger partial charge in [-0.15, -0.1) is 11.3 Å². The second kappa shape index (κ2) is 7.49. The zero-order chi connectivity index (χ0) is 20.5. The number of nitrogens with zero attached hydrogens (tertiary/aromatic N) is 1. The smallest absolute Gasteiger partial charge is 0.348 e. The molecule has 0 fully saturated rings. The van der Waals surface area contributed by atoms with Gasteiger partial charge >= 0.3 is 5.97 Å². The van der Waals surface area contributed by atoms with Gasteiger partial charge in [0.1, 0.15) is 4.88 Å². The summed E-state index contributed by atoms with van der Waals surface area (Å²) in [6.45, 7) is -0.555. The SMILES string of the molecule is CS(=O)(=O)c1cccc(C(=O)COC(=O)c2cc3cc([N+](=O)[O-])ccc3s2)c1. The molecule has 0 unspecified atom stereocenters. The molecule has 0 radical (unpaired) electrons. The van der Waals surface area contributed by atoms with Gasteiger partial charge in [0.05, 0.1) is 9.82 Å². The maximum absolute atomic E-state index is 12.2. The minimum atomic E-state index is -3.46. The van der Waals surface area contributed by atoms with E-state index in [9.17, 15) is 28.1 Å². The summed E-state index contributed by atoms with van der Waals surface area (Å²) in [4.78, 5) is 34.9. The molecule has 0 saturated carbocycles. The number of esters is 1. The predicted octanol–water partition coefficient (Wildman–Crippen LogP) is 3.25. The number of benzene rings is 2. The molecule has 3 aromatic rings. The van der Waals surface area contributed by atoms with Crippen molar-refractivity contribution in [3.63, 3.8) is 0 Å². The Kier molecular flexibility index (Phi) is 5.25. The lowest BCUT2D eigenvalue weighted by Crippen LogP contribution is -2.14. The number of ether oxygens (including phenoxy) is 1. The zero-order valence-corrected chi connectivity index (χ0v) is 16.1. The summed E-state index contributed by atoms with van der Waals surface area (Å²) in [5.41, 5.74) is 0.0221. The number of hydrogen-bond acceptors (Lipinski definition) is 8. The number of nitro benzene ring substituents is 1. The van der Waals surface area contributed by atoms with Crippen LogP contribution in [0.5, 0.6) is 0 Å². The van der Waals surface area contributed by atoms with Gasteiger partial charge in [0.25, 0.3) is 5.69 Å². The monoisotopic (exact) mass is 419 g/mol. The van der Waals surface area contributed by atoms with E-state index in [0.717, 1.165) is 17.6 Å². The Morgan fingerprint density at radius 2 is 1.89 bits per heavy atom. The Bertz CT molecular complexity index is 1210. The third-order valence-electron chi connectivity index (χ3n) is 3.83. The standard InChI is InChI=1S/C18H13NO7S2/c1-28(24,25)14-4-2-3-11(8-14)15(20)10-26-18(21)17-9-12-7-13(19(22)23)5-6-16(12)27-17/h2-9H,10H2,1H3. The second-order valence-electron chi connectivity index (χ2n) is 5.89. The van der Waals surface area contributed by atoms with Crippen LogP contribution in [0.1, 0.15) is 20.0 Å². The second-order valence-corrected chi connectivity index (χ2v) is 8.99. The Morgan fingerprint density at radius 1 is 1.14 bits per heavy atom. The molecule has 0 aliphatic carbocycles. The van der Waals surface area contributed by atoms with E-state index < -0.39 is 33.1 Å². The topological polar surface area (TPSA) is 121 Å². The Hall–Kier alpha value is -3.11. The Morgan fingerprint density at radius 3 is 2.57 bits per heavy atom. The predicted molar refractivity (Wildman–Crippen MR) is 103 cm³/mol. The van der Waals surface area contributed by atoms with E-state index in [4.69, 9.17) is 4.74 Å². The van der Waals surface area contributed by atoms with Crippen molar-refractivity contribution in [2.75, 3.05) is 12.9 Å². The van der Waals surface area contributed by atoms with Gasteiger partial charge in [-0.3, -0.25) is 14.9 Å². The van der Waals surface area contributed by atoms with Crippen LogP contribution in [-0.4, -0.2) is 38.0 Å². The lowest BCUT2D eigenvalue weighted by Gasteiger charge is -2.04. The molecule has 0 aliphatic rings. The van der Waals surface area contributed by atoms with Gasteiger partial charge in [-0.25, -0.2) is 13.2 Å². The number of Topliss-reactive ketones (excluding diaryl/α,β-unsaturated/α-hetero) is 1. The number of thiophene rings is 1. The highest BCUT2D eigenvalue weighted by atomic mass is 32.2. The first-order chi connectivity index (χ1) is 13.1. The summed E-state index contributed by atoms with van der Waals surface area (Å²) < 4.78 is 28.8. The van der Waals surface area contributed by atoms with Gasteiger partial charge in [-0.2, -0.15) is 0 Å². The molecule has 8 nitrogen and oxygen atoms in total. The maximum Gasteiger partial charge on any atom is 0.348 e. The van der Waals surface area contributed by atoms with E-state index in [1.807, 2.05) is 0 Å². The molecule has 0 amide bonds. The average Bonchev–Trinajstić information content (AvgIpc) is 3.08. The number of carbonyl (C=O) groups excluding carboxylic acids is 2. The van der Waals surface area contributed by atoms with Crippen molar-refractivity contribution in [2.24, 2.45) is 0 Å². The average molecular weight is 419 g/mol. The highest BCUT2D eigenvalue weighted by Crippen LogP contribution is 2.29. The van der Waals surface area contributed by atoms with Crippen LogP contribution in [0, 0.1) is 10.1 Å². The fraction of sp³-hybridized carbons (Fsp3) is 0.111. The fourth-order valence-corrected chi connectivity index (χ4v) is 4.03. The van der Waals surface area contributed by atoms with Crippen LogP contribution in [-0.2, 0) is 14.6 Å². The Balaban J connectivity index is 1.72. The van der Waals surface area contributed by atoms with Crippen molar-refractivity contribution in [3.8, 4) is 0 Å². The summed E-state index contributed by atoms with van der Waals surface area (Å²) in [5.74, 6) is -1.29. The molecule has 0 atom stereocenters. The van der Waals surface area contributed by atoms with Crippen LogP contribution >= 0.6 is 11.3 Å². The van der Waals surface area contributed by atoms with Crippen LogP contribution in [0.25, 0.3) is 10.1 Å². The minimum absolute atomic E-state index is 0.00391. The molecule has 1 heterocycles. The molecular formula is C18H13NO7S2. The molecule has 3 rings (SSSR count). The normalized spacial score (nSPS) is 11.3. The summed E-state index contributed by atoms with van der Waals surface area (Å²) in [5, 5.41) is 11.4. The van der Waals surface area contributed by atoms with E-state index in [-0.39, 0.29) is 21.0 Å². The molecule has 10 heteroatoms. The van der Waals surface area contributed by atoms with E-state index in [1.54, 1.807) is 0 Å². The third-order valence-corrected chi connectivity index (χ3v) is 6.04. The van der Waals surface area contributed by atoms with Crippen LogP contribution in [0.3, 0.4) is 0 Å². The summed E-state index contributed by atoms with van der Waals surface area (Å²) in [7, 11) is -3.46. The molecule has 0 N–H and O–H groups in total. The number of hydrogen-bond donors (Lipinski definition) is 0. The van der Waals surface area contributed by atoms with Crippen molar-refractivity contribution in [1.29, 1.82) is 0 Å². The van der Waals surface area contributed by atoms with Gasteiger partial charge in [0, 0.05) is 34.0 Å². The van der Waals surface area contributed by atoms with E-state index in [1.165, 1.54) is 48.5 Å². The molecule has 0 bridgehead atoms. The van der Waals surface area contributed by atoms with Gasteiger partial charge < -0.3 is 4.74 Å². The minimum Gasteiger partial charge on any atom is -0.453 e. The number of sulfone groups is 1. The lowest BCUT2D eigenvalue weighted by atomic mass is 10.1. The highest BCUT2D eigenvalue weighted by molar-refractivity contribution is 7.90. The number of fused-ring (bicyclic) bond motifs is 1. The van der Waals surface area contributed by atoms with Crippen molar-refractivity contribution < 1.29 is 27.7 Å². The summed E-state index contributed by atoms with van der Waals surface area (Å²) >= 11 is 1.09. The molecular weight excluding hydrogens is 406 g/mol. The molecule has 0 saturated heterocycles. The summed E-state index contributed by atoms with van der Waals surface area (Å²) in [6.07, 6.45) is 1.03. The van der Waals surface area contributed by atoms with Crippen molar-refractivity contribution in [2.45, 2.75) is 4.90 Å². The van der Waals surface area contributed by atoms with E-state index >= 15 is 0 Å². The molecule has 1 aromatic heterocycles. The van der Waals surface area contributed by atoms with Crippen molar-refractivity contribution in [3.05, 3.63) is 69.1 Å². The largest absolute Gasteiger partial charge is 0.453 e. The first kappa shape index (κ1) is 19.6. The number of ketones is 1. The van der Waals surface area contributed by atoms with Crippen LogP contribution in [0.15, 0.2) is 53.4 Å². The van der Waals surface area contributed by atoms with Gasteiger partial charge in [-0.1, -0.05) is 12.1 Å². The van der Waals surface area contributed by atoms with Crippen LogP contribution < -0.4 is 0 Å². The number of rotatable bonds is 6. The lowest BCUT2D eigenvalue weighted by molar-refractivity contribution is -0.384. The summed E-state index contributed by atoms with van der Waals surface area (Å²) in [6, 6.07) is 11.2. The molecule has 2 aromatic carbocycles. The van der Waals surface area contributed by atoms with Crippen molar-refractivity contribution in [1.82, 2.24) is 0 Å². The molecule has 28 heavy (non-hydrogen) atoms. The van der Waals surface area contributed by atoms with Crippen LogP contribution in [0.2, 0.25) is 0 Å². The quantitative estimate of drug-likeness (QED) is 0.260. The molecule has 0 spiro atoms. The van der Waals surface area contributed by atoms with Gasteiger partial charge in [0.2, 0.25) is 0 Å². The third kappa shape index (κ3) is 4.24. The molecule has 144 valence electrons.